The number of unbranched alkanes of at least 4 members (excludes halogenated alkanes) is 1. The molecule has 2 rings (SSSR count). The number of carbonyl (C=O) groups excluding carboxylic acids is 3. The Kier molecular flexibility index (Phi) is 10.6. The molecule has 0 spiro atoms. The molecule has 2 aromatic rings. The quantitative estimate of drug-likeness (QED) is 0.310. The van der Waals surface area contributed by atoms with Gasteiger partial charge in [0.15, 0.2) is 0 Å². The second-order valence-electron chi connectivity index (χ2n) is 9.55. The van der Waals surface area contributed by atoms with E-state index < -0.39 is 11.7 Å². The lowest BCUT2D eigenvalue weighted by Gasteiger charge is -2.27. The fourth-order valence-electron chi connectivity index (χ4n) is 3.35. The van der Waals surface area contributed by atoms with Crippen LogP contribution in [0.3, 0.4) is 0 Å². The molecular formula is C27H37N3O5. The molecule has 0 aliphatic heterocycles. The SMILES string of the molecule is CC(CCCCN(CCC(=O)Nc1ccc(O)cc1)C(=O)OC(C)(C)C)NC(=O)c1ccccc1. The van der Waals surface area contributed by atoms with E-state index in [1.54, 1.807) is 49.9 Å². The topological polar surface area (TPSA) is 108 Å². The number of hydrogen-bond donors (Lipinski definition) is 3. The molecule has 0 saturated heterocycles. The molecule has 0 radical (unpaired) electrons. The van der Waals surface area contributed by atoms with Crippen molar-refractivity contribution in [3.63, 3.8) is 0 Å². The van der Waals surface area contributed by atoms with Gasteiger partial charge in [-0.1, -0.05) is 18.2 Å². The van der Waals surface area contributed by atoms with Crippen molar-refractivity contribution in [1.29, 1.82) is 0 Å². The van der Waals surface area contributed by atoms with Gasteiger partial charge in [-0.05, 0) is 83.4 Å². The Morgan fingerprint density at radius 3 is 2.26 bits per heavy atom. The number of amides is 3. The van der Waals surface area contributed by atoms with Crippen LogP contribution in [0, 0.1) is 0 Å². The van der Waals surface area contributed by atoms with Crippen LogP contribution < -0.4 is 10.6 Å². The summed E-state index contributed by atoms with van der Waals surface area (Å²) in [4.78, 5) is 38.9. The monoisotopic (exact) mass is 483 g/mol. The number of ether oxygens (including phenoxy) is 1. The molecule has 190 valence electrons. The minimum atomic E-state index is -0.639. The van der Waals surface area contributed by atoms with Crippen LogP contribution in [0.25, 0.3) is 0 Å². The maximum Gasteiger partial charge on any atom is 0.410 e. The second kappa shape index (κ2) is 13.4. The maximum atomic E-state index is 12.7. The van der Waals surface area contributed by atoms with E-state index in [1.807, 2.05) is 25.1 Å². The van der Waals surface area contributed by atoms with Crippen molar-refractivity contribution in [1.82, 2.24) is 10.2 Å². The lowest BCUT2D eigenvalue weighted by molar-refractivity contribution is -0.116. The van der Waals surface area contributed by atoms with Gasteiger partial charge >= 0.3 is 6.09 Å². The van der Waals surface area contributed by atoms with Crippen LogP contribution in [0.4, 0.5) is 10.5 Å². The highest BCUT2D eigenvalue weighted by atomic mass is 16.6. The summed E-state index contributed by atoms with van der Waals surface area (Å²) < 4.78 is 5.51. The molecule has 0 heterocycles. The Balaban J connectivity index is 1.82. The number of phenolic OH excluding ortho intramolecular Hbond substituents is 1. The Labute approximate surface area is 207 Å². The standard InChI is InChI=1S/C27H37N3O5/c1-20(28-25(33)21-11-6-5-7-12-21)10-8-9-18-30(26(34)35-27(2,3)4)19-17-24(32)29-22-13-15-23(31)16-14-22/h5-7,11-16,20,31H,8-10,17-19H2,1-4H3,(H,28,33)(H,29,32). The molecular weight excluding hydrogens is 446 g/mol. The summed E-state index contributed by atoms with van der Waals surface area (Å²) in [7, 11) is 0. The van der Waals surface area contributed by atoms with Gasteiger partial charge in [0.25, 0.3) is 5.91 Å². The molecule has 3 amide bonds. The van der Waals surface area contributed by atoms with E-state index in [0.717, 1.165) is 12.8 Å². The number of phenols is 1. The van der Waals surface area contributed by atoms with Crippen molar-refractivity contribution in [3.05, 3.63) is 60.2 Å². The minimum absolute atomic E-state index is 0.00577. The summed E-state index contributed by atoms with van der Waals surface area (Å²) in [6.45, 7) is 8.03. The van der Waals surface area contributed by atoms with Crippen molar-refractivity contribution in [2.45, 2.75) is 65.0 Å². The highest BCUT2D eigenvalue weighted by molar-refractivity contribution is 5.94. The smallest absolute Gasteiger partial charge is 0.410 e. The molecule has 3 N–H and O–H groups in total. The summed E-state index contributed by atoms with van der Waals surface area (Å²) >= 11 is 0. The minimum Gasteiger partial charge on any atom is -0.508 e. The average Bonchev–Trinajstić information content (AvgIpc) is 2.79. The number of nitrogens with zero attached hydrogens (tertiary/aromatic N) is 1. The van der Waals surface area contributed by atoms with E-state index in [2.05, 4.69) is 10.6 Å². The predicted molar refractivity (Wildman–Crippen MR) is 136 cm³/mol. The van der Waals surface area contributed by atoms with Gasteiger partial charge in [0.05, 0.1) is 0 Å². The van der Waals surface area contributed by atoms with Crippen LogP contribution in [0.15, 0.2) is 54.6 Å². The number of rotatable bonds is 11. The summed E-state index contributed by atoms with van der Waals surface area (Å²) in [5, 5.41) is 15.1. The molecule has 0 saturated carbocycles. The Morgan fingerprint density at radius 2 is 1.63 bits per heavy atom. The average molecular weight is 484 g/mol. The van der Waals surface area contributed by atoms with E-state index in [1.165, 1.54) is 12.1 Å². The van der Waals surface area contributed by atoms with Gasteiger partial charge in [0.2, 0.25) is 5.91 Å². The Bertz CT molecular complexity index is 955. The zero-order chi connectivity index (χ0) is 25.8. The van der Waals surface area contributed by atoms with Crippen molar-refractivity contribution in [3.8, 4) is 5.75 Å². The molecule has 8 heteroatoms. The largest absolute Gasteiger partial charge is 0.508 e. The first-order valence-electron chi connectivity index (χ1n) is 12.0. The predicted octanol–water partition coefficient (Wildman–Crippen LogP) is 4.95. The first-order chi connectivity index (χ1) is 16.5. The number of anilines is 1. The summed E-state index contributed by atoms with van der Waals surface area (Å²) in [6.07, 6.45) is 1.94. The second-order valence-corrected chi connectivity index (χ2v) is 9.55. The number of aromatic hydroxyl groups is 1. The molecule has 2 aromatic carbocycles. The zero-order valence-electron chi connectivity index (χ0n) is 21.0. The van der Waals surface area contributed by atoms with Crippen molar-refractivity contribution >= 4 is 23.6 Å². The first-order valence-corrected chi connectivity index (χ1v) is 12.0. The lowest BCUT2D eigenvalue weighted by atomic mass is 10.1. The Hall–Kier alpha value is -3.55. The molecule has 0 aliphatic rings. The molecule has 1 unspecified atom stereocenters. The van der Waals surface area contributed by atoms with Gasteiger partial charge in [-0.25, -0.2) is 4.79 Å². The van der Waals surface area contributed by atoms with E-state index in [4.69, 9.17) is 4.74 Å². The van der Waals surface area contributed by atoms with Crippen LogP contribution in [0.1, 0.15) is 63.7 Å². The normalized spacial score (nSPS) is 11.9. The van der Waals surface area contributed by atoms with Crippen molar-refractivity contribution < 1.29 is 24.2 Å². The van der Waals surface area contributed by atoms with Crippen molar-refractivity contribution in [2.24, 2.45) is 0 Å². The van der Waals surface area contributed by atoms with E-state index in [0.29, 0.717) is 24.2 Å². The third kappa shape index (κ3) is 10.9. The molecule has 0 aliphatic carbocycles. The van der Waals surface area contributed by atoms with Crippen LogP contribution in [-0.2, 0) is 9.53 Å². The third-order valence-electron chi connectivity index (χ3n) is 5.14. The molecule has 0 bridgehead atoms. The fraction of sp³-hybridized carbons (Fsp3) is 0.444. The number of carbonyl (C=O) groups is 3. The Morgan fingerprint density at radius 1 is 0.971 bits per heavy atom. The third-order valence-corrected chi connectivity index (χ3v) is 5.14. The maximum absolute atomic E-state index is 12.7. The van der Waals surface area contributed by atoms with Gasteiger partial charge in [0, 0.05) is 36.8 Å². The number of hydrogen-bond acceptors (Lipinski definition) is 5. The highest BCUT2D eigenvalue weighted by Gasteiger charge is 2.22. The summed E-state index contributed by atoms with van der Waals surface area (Å²) in [5.74, 6) is -0.220. The van der Waals surface area contributed by atoms with Gasteiger partial charge in [0.1, 0.15) is 11.4 Å². The highest BCUT2D eigenvalue weighted by Crippen LogP contribution is 2.15. The molecule has 0 aromatic heterocycles. The molecule has 35 heavy (non-hydrogen) atoms. The number of benzene rings is 2. The summed E-state index contributed by atoms with van der Waals surface area (Å²) in [5.41, 5.74) is 0.559. The van der Waals surface area contributed by atoms with Gasteiger partial charge in [-0.15, -0.1) is 0 Å². The van der Waals surface area contributed by atoms with Gasteiger partial charge in [-0.2, -0.15) is 0 Å². The lowest BCUT2D eigenvalue weighted by Crippen LogP contribution is -2.39. The van der Waals surface area contributed by atoms with Crippen LogP contribution in [0.5, 0.6) is 5.75 Å². The van der Waals surface area contributed by atoms with E-state index in [-0.39, 0.29) is 36.6 Å². The van der Waals surface area contributed by atoms with E-state index >= 15 is 0 Å². The van der Waals surface area contributed by atoms with Crippen LogP contribution >= 0.6 is 0 Å². The molecule has 1 atom stereocenters. The van der Waals surface area contributed by atoms with E-state index in [9.17, 15) is 19.5 Å². The first kappa shape index (κ1) is 27.7. The molecule has 8 nitrogen and oxygen atoms in total. The number of nitrogens with one attached hydrogen (secondary N) is 2. The summed E-state index contributed by atoms with van der Waals surface area (Å²) in [6, 6.07) is 15.3. The zero-order valence-corrected chi connectivity index (χ0v) is 21.0. The van der Waals surface area contributed by atoms with Crippen LogP contribution in [-0.4, -0.2) is 52.6 Å². The molecule has 0 fully saturated rings. The van der Waals surface area contributed by atoms with Crippen LogP contribution in [0.2, 0.25) is 0 Å². The van der Waals surface area contributed by atoms with Gasteiger partial charge in [-0.3, -0.25) is 9.59 Å². The fourth-order valence-corrected chi connectivity index (χ4v) is 3.35. The van der Waals surface area contributed by atoms with Gasteiger partial charge < -0.3 is 25.4 Å². The van der Waals surface area contributed by atoms with Crippen molar-refractivity contribution in [2.75, 3.05) is 18.4 Å².